The van der Waals surface area contributed by atoms with Gasteiger partial charge in [0, 0.05) is 12.1 Å². The first-order chi connectivity index (χ1) is 6.81. The van der Waals surface area contributed by atoms with Gasteiger partial charge in [0.1, 0.15) is 0 Å². The van der Waals surface area contributed by atoms with E-state index in [4.69, 9.17) is 0 Å². The zero-order valence-corrected chi connectivity index (χ0v) is 9.21. The maximum absolute atomic E-state index is 9.75. The van der Waals surface area contributed by atoms with Gasteiger partial charge in [-0.25, -0.2) is 0 Å². The quantitative estimate of drug-likeness (QED) is 0.707. The summed E-state index contributed by atoms with van der Waals surface area (Å²) in [6.45, 7) is 2.25. The molecular weight excluding hydrogens is 174 g/mol. The Hall–Kier alpha value is -0.0800. The van der Waals surface area contributed by atoms with E-state index in [1.807, 2.05) is 0 Å². The fourth-order valence-corrected chi connectivity index (χ4v) is 2.67. The lowest BCUT2D eigenvalue weighted by Crippen LogP contribution is -2.43. The molecule has 0 amide bonds. The second-order valence-electron chi connectivity index (χ2n) is 5.00. The topological polar surface area (TPSA) is 32.3 Å². The Bertz CT molecular complexity index is 179. The molecule has 2 saturated carbocycles. The molecule has 0 radical (unpaired) electrons. The highest BCUT2D eigenvalue weighted by Crippen LogP contribution is 2.35. The molecule has 2 fully saturated rings. The first-order valence-electron chi connectivity index (χ1n) is 6.25. The van der Waals surface area contributed by atoms with Gasteiger partial charge in [0.05, 0.1) is 6.10 Å². The molecule has 2 nitrogen and oxygen atoms in total. The van der Waals surface area contributed by atoms with E-state index in [9.17, 15) is 5.11 Å². The van der Waals surface area contributed by atoms with Crippen molar-refractivity contribution >= 4 is 0 Å². The van der Waals surface area contributed by atoms with Crippen molar-refractivity contribution in [1.82, 2.24) is 5.32 Å². The highest BCUT2D eigenvalue weighted by Gasteiger charge is 2.34. The van der Waals surface area contributed by atoms with Crippen LogP contribution >= 0.6 is 0 Å². The van der Waals surface area contributed by atoms with Crippen LogP contribution in [0.5, 0.6) is 0 Å². The number of hydrogen-bond donors (Lipinski definition) is 2. The fraction of sp³-hybridized carbons (Fsp3) is 1.00. The first-order valence-corrected chi connectivity index (χ1v) is 6.25. The van der Waals surface area contributed by atoms with Crippen LogP contribution in [0, 0.1) is 5.92 Å². The maximum atomic E-state index is 9.75. The Morgan fingerprint density at radius 2 is 2.07 bits per heavy atom. The minimum Gasteiger partial charge on any atom is -0.392 e. The predicted octanol–water partition coefficient (Wildman–Crippen LogP) is 2.07. The number of aliphatic hydroxyl groups excluding tert-OH is 1. The zero-order chi connectivity index (χ0) is 9.97. The Balaban J connectivity index is 1.80. The molecule has 0 aromatic heterocycles. The van der Waals surface area contributed by atoms with E-state index >= 15 is 0 Å². The van der Waals surface area contributed by atoms with Crippen LogP contribution < -0.4 is 5.32 Å². The van der Waals surface area contributed by atoms with Gasteiger partial charge in [0.25, 0.3) is 0 Å². The Morgan fingerprint density at radius 3 is 2.57 bits per heavy atom. The summed E-state index contributed by atoms with van der Waals surface area (Å²) in [6, 6.07) is 1.09. The highest BCUT2D eigenvalue weighted by molar-refractivity contribution is 4.91. The summed E-state index contributed by atoms with van der Waals surface area (Å²) >= 11 is 0. The molecule has 3 atom stereocenters. The number of nitrogens with one attached hydrogen (secondary N) is 1. The molecule has 0 saturated heterocycles. The van der Waals surface area contributed by atoms with E-state index in [1.165, 1.54) is 38.5 Å². The van der Waals surface area contributed by atoms with E-state index < -0.39 is 0 Å². The molecule has 0 aromatic rings. The van der Waals surface area contributed by atoms with Crippen molar-refractivity contribution < 1.29 is 5.11 Å². The maximum Gasteiger partial charge on any atom is 0.0693 e. The molecule has 82 valence electrons. The van der Waals surface area contributed by atoms with Crippen LogP contribution in [0.15, 0.2) is 0 Å². The van der Waals surface area contributed by atoms with E-state index in [0.29, 0.717) is 12.1 Å². The Labute approximate surface area is 87.1 Å². The Kier molecular flexibility index (Phi) is 3.45. The van der Waals surface area contributed by atoms with Gasteiger partial charge >= 0.3 is 0 Å². The Morgan fingerprint density at radius 1 is 1.29 bits per heavy atom. The second kappa shape index (κ2) is 4.63. The molecule has 0 bridgehead atoms. The third-order valence-electron chi connectivity index (χ3n) is 3.70. The van der Waals surface area contributed by atoms with E-state index in [0.717, 1.165) is 12.3 Å². The van der Waals surface area contributed by atoms with Gasteiger partial charge in [0.15, 0.2) is 0 Å². The molecule has 2 aliphatic carbocycles. The molecule has 2 heteroatoms. The molecular formula is C12H23NO. The van der Waals surface area contributed by atoms with Gasteiger partial charge in [-0.2, -0.15) is 0 Å². The van der Waals surface area contributed by atoms with Gasteiger partial charge in [-0.15, -0.1) is 0 Å². The van der Waals surface area contributed by atoms with Crippen molar-refractivity contribution in [2.45, 2.75) is 70.1 Å². The first kappa shape index (κ1) is 10.4. The van der Waals surface area contributed by atoms with E-state index in [2.05, 4.69) is 12.2 Å². The third kappa shape index (κ3) is 2.48. The number of rotatable bonds is 5. The van der Waals surface area contributed by atoms with Crippen LogP contribution in [-0.4, -0.2) is 23.3 Å². The van der Waals surface area contributed by atoms with Crippen molar-refractivity contribution in [3.8, 4) is 0 Å². The summed E-state index contributed by atoms with van der Waals surface area (Å²) in [7, 11) is 0. The lowest BCUT2D eigenvalue weighted by Gasteiger charge is -2.24. The molecule has 0 heterocycles. The van der Waals surface area contributed by atoms with Crippen LogP contribution in [0.25, 0.3) is 0 Å². The fourth-order valence-electron chi connectivity index (χ4n) is 2.67. The molecule has 0 spiro atoms. The van der Waals surface area contributed by atoms with Gasteiger partial charge < -0.3 is 10.4 Å². The minimum absolute atomic E-state index is 0.0758. The summed E-state index contributed by atoms with van der Waals surface area (Å²) in [5, 5.41) is 13.4. The summed E-state index contributed by atoms with van der Waals surface area (Å²) in [5.41, 5.74) is 0. The second-order valence-corrected chi connectivity index (χ2v) is 5.00. The van der Waals surface area contributed by atoms with Crippen molar-refractivity contribution in [1.29, 1.82) is 0 Å². The van der Waals surface area contributed by atoms with Gasteiger partial charge in [-0.3, -0.25) is 0 Å². The largest absolute Gasteiger partial charge is 0.392 e. The van der Waals surface area contributed by atoms with Crippen molar-refractivity contribution in [3.63, 3.8) is 0 Å². The summed E-state index contributed by atoms with van der Waals surface area (Å²) in [5.74, 6) is 0.919. The van der Waals surface area contributed by atoms with Crippen LogP contribution in [-0.2, 0) is 0 Å². The summed E-state index contributed by atoms with van der Waals surface area (Å²) < 4.78 is 0. The number of aliphatic hydroxyl groups is 1. The summed E-state index contributed by atoms with van der Waals surface area (Å²) in [6.07, 6.45) is 8.65. The minimum atomic E-state index is -0.0758. The van der Waals surface area contributed by atoms with Crippen molar-refractivity contribution in [2.24, 2.45) is 5.92 Å². The molecule has 0 aliphatic heterocycles. The molecule has 14 heavy (non-hydrogen) atoms. The molecule has 0 aromatic carbocycles. The van der Waals surface area contributed by atoms with E-state index in [-0.39, 0.29) is 6.10 Å². The van der Waals surface area contributed by atoms with Crippen LogP contribution in [0.2, 0.25) is 0 Å². The predicted molar refractivity (Wildman–Crippen MR) is 58.2 cm³/mol. The average molecular weight is 197 g/mol. The van der Waals surface area contributed by atoms with E-state index in [1.54, 1.807) is 0 Å². The zero-order valence-electron chi connectivity index (χ0n) is 9.21. The van der Waals surface area contributed by atoms with Crippen LogP contribution in [0.4, 0.5) is 0 Å². The summed E-state index contributed by atoms with van der Waals surface area (Å²) in [4.78, 5) is 0. The normalized spacial score (nSPS) is 34.7. The lowest BCUT2D eigenvalue weighted by atomic mass is 10.0. The van der Waals surface area contributed by atoms with Crippen molar-refractivity contribution in [2.75, 3.05) is 0 Å². The SMILES string of the molecule is CCCC(NC1CCCC1O)C1CC1. The number of hydrogen-bond acceptors (Lipinski definition) is 2. The molecule has 2 N–H and O–H groups in total. The lowest BCUT2D eigenvalue weighted by molar-refractivity contribution is 0.139. The monoisotopic (exact) mass is 197 g/mol. The third-order valence-corrected chi connectivity index (χ3v) is 3.70. The van der Waals surface area contributed by atoms with Crippen LogP contribution in [0.3, 0.4) is 0 Å². The molecule has 3 unspecified atom stereocenters. The molecule has 2 rings (SSSR count). The smallest absolute Gasteiger partial charge is 0.0693 e. The van der Waals surface area contributed by atoms with Gasteiger partial charge in [-0.1, -0.05) is 13.3 Å². The van der Waals surface area contributed by atoms with Gasteiger partial charge in [-0.05, 0) is 44.4 Å². The average Bonchev–Trinajstić information content (AvgIpc) is 2.93. The highest BCUT2D eigenvalue weighted by atomic mass is 16.3. The van der Waals surface area contributed by atoms with Crippen LogP contribution in [0.1, 0.15) is 51.9 Å². The van der Waals surface area contributed by atoms with Gasteiger partial charge in [0.2, 0.25) is 0 Å². The standard InChI is InChI=1S/C12H23NO/c1-2-4-10(9-7-8-9)13-11-5-3-6-12(11)14/h9-14H,2-8H2,1H3. The van der Waals surface area contributed by atoms with Crippen molar-refractivity contribution in [3.05, 3.63) is 0 Å². The molecule has 2 aliphatic rings.